The molecular weight excluding hydrogens is 276 g/mol. The Labute approximate surface area is 123 Å². The molecule has 7 nitrogen and oxygen atoms in total. The molecule has 3 atom stereocenters. The summed E-state index contributed by atoms with van der Waals surface area (Å²) < 4.78 is 5.30. The van der Waals surface area contributed by atoms with Crippen molar-refractivity contribution in [3.63, 3.8) is 0 Å². The second-order valence-electron chi connectivity index (χ2n) is 6.78. The molecule has 118 valence electrons. The van der Waals surface area contributed by atoms with Crippen LogP contribution in [0, 0.1) is 5.92 Å². The van der Waals surface area contributed by atoms with Gasteiger partial charge in [0.05, 0.1) is 12.0 Å². The van der Waals surface area contributed by atoms with Crippen LogP contribution in [0.5, 0.6) is 0 Å². The molecule has 0 aromatic carbocycles. The van der Waals surface area contributed by atoms with Crippen molar-refractivity contribution < 1.29 is 24.2 Å². The maximum absolute atomic E-state index is 12.3. The SMILES string of the molecule is CC(CN1CC2CC(C1=O)N2C(=O)OC(C)(C)C)C(=O)O. The first-order valence-corrected chi connectivity index (χ1v) is 7.13. The number of carboxylic acid groups (broad SMARTS) is 1. The summed E-state index contributed by atoms with van der Waals surface area (Å²) in [4.78, 5) is 38.3. The molecule has 21 heavy (non-hydrogen) atoms. The number of piperazine rings is 1. The second-order valence-corrected chi connectivity index (χ2v) is 6.78. The minimum Gasteiger partial charge on any atom is -0.481 e. The van der Waals surface area contributed by atoms with Crippen molar-refractivity contribution in [3.8, 4) is 0 Å². The number of aliphatic carboxylic acids is 1. The number of hydrogen-bond acceptors (Lipinski definition) is 4. The highest BCUT2D eigenvalue weighted by Gasteiger charge is 2.53. The van der Waals surface area contributed by atoms with E-state index < -0.39 is 29.6 Å². The van der Waals surface area contributed by atoms with Crippen LogP contribution in [0.15, 0.2) is 0 Å². The summed E-state index contributed by atoms with van der Waals surface area (Å²) in [6, 6.07) is -0.567. The summed E-state index contributed by atoms with van der Waals surface area (Å²) in [6.07, 6.45) is 0.166. The van der Waals surface area contributed by atoms with Crippen molar-refractivity contribution in [2.24, 2.45) is 5.92 Å². The first-order valence-electron chi connectivity index (χ1n) is 7.13. The number of fused-ring (bicyclic) bond motifs is 2. The molecule has 3 aliphatic heterocycles. The summed E-state index contributed by atoms with van der Waals surface area (Å²) in [7, 11) is 0. The summed E-state index contributed by atoms with van der Waals surface area (Å²) in [5.41, 5.74) is -0.596. The number of carboxylic acids is 1. The van der Waals surface area contributed by atoms with Gasteiger partial charge < -0.3 is 14.7 Å². The van der Waals surface area contributed by atoms with E-state index in [0.717, 1.165) is 0 Å². The Hall–Kier alpha value is -1.79. The van der Waals surface area contributed by atoms with E-state index >= 15 is 0 Å². The van der Waals surface area contributed by atoms with Crippen molar-refractivity contribution >= 4 is 18.0 Å². The van der Waals surface area contributed by atoms with Crippen LogP contribution >= 0.6 is 0 Å². The average Bonchev–Trinajstić information content (AvgIpc) is 2.27. The highest BCUT2D eigenvalue weighted by molar-refractivity contribution is 5.90. The normalized spacial score (nSPS) is 26.2. The highest BCUT2D eigenvalue weighted by atomic mass is 16.6. The topological polar surface area (TPSA) is 87.2 Å². The molecule has 3 heterocycles. The van der Waals surface area contributed by atoms with Gasteiger partial charge in [0.1, 0.15) is 11.6 Å². The lowest BCUT2D eigenvalue weighted by Gasteiger charge is -2.54. The van der Waals surface area contributed by atoms with Gasteiger partial charge in [0, 0.05) is 13.1 Å². The van der Waals surface area contributed by atoms with Crippen molar-refractivity contribution in [2.45, 2.75) is 51.8 Å². The van der Waals surface area contributed by atoms with Gasteiger partial charge in [-0.15, -0.1) is 0 Å². The Morgan fingerprint density at radius 3 is 2.52 bits per heavy atom. The molecule has 1 N–H and O–H groups in total. The van der Waals surface area contributed by atoms with Crippen LogP contribution in [-0.4, -0.2) is 63.7 Å². The molecule has 0 aromatic heterocycles. The van der Waals surface area contributed by atoms with Crippen molar-refractivity contribution in [2.75, 3.05) is 13.1 Å². The third kappa shape index (κ3) is 3.11. The van der Waals surface area contributed by atoms with Gasteiger partial charge in [-0.1, -0.05) is 6.92 Å². The van der Waals surface area contributed by atoms with Crippen LogP contribution < -0.4 is 0 Å². The Kier molecular flexibility index (Phi) is 3.86. The zero-order chi connectivity index (χ0) is 15.9. The first kappa shape index (κ1) is 15.6. The predicted molar refractivity (Wildman–Crippen MR) is 73.6 cm³/mol. The molecule has 2 amide bonds. The van der Waals surface area contributed by atoms with Gasteiger partial charge in [-0.05, 0) is 27.2 Å². The van der Waals surface area contributed by atoms with E-state index in [4.69, 9.17) is 9.84 Å². The fourth-order valence-electron chi connectivity index (χ4n) is 2.70. The van der Waals surface area contributed by atoms with Crippen molar-refractivity contribution in [1.82, 2.24) is 9.80 Å². The predicted octanol–water partition coefficient (Wildman–Crippen LogP) is 0.927. The van der Waals surface area contributed by atoms with Gasteiger partial charge in [-0.25, -0.2) is 4.79 Å². The third-order valence-corrected chi connectivity index (χ3v) is 3.77. The Morgan fingerprint density at radius 1 is 1.43 bits per heavy atom. The van der Waals surface area contributed by atoms with Gasteiger partial charge in [0.15, 0.2) is 0 Å². The number of nitrogens with zero attached hydrogens (tertiary/aromatic N) is 2. The number of carbonyl (C=O) groups is 3. The minimum atomic E-state index is -0.925. The molecular formula is C14H22N2O5. The molecule has 0 aliphatic carbocycles. The zero-order valence-electron chi connectivity index (χ0n) is 12.8. The lowest BCUT2D eigenvalue weighted by Crippen LogP contribution is -2.73. The van der Waals surface area contributed by atoms with Gasteiger partial charge >= 0.3 is 12.1 Å². The lowest BCUT2D eigenvalue weighted by molar-refractivity contribution is -0.160. The fraction of sp³-hybridized carbons (Fsp3) is 0.786. The monoisotopic (exact) mass is 298 g/mol. The molecule has 7 heteroatoms. The molecule has 2 bridgehead atoms. The number of carbonyl (C=O) groups excluding carboxylic acids is 2. The maximum atomic E-state index is 12.3. The van der Waals surface area contributed by atoms with E-state index in [-0.39, 0.29) is 18.5 Å². The molecule has 3 aliphatic rings. The number of ether oxygens (including phenoxy) is 1. The number of piperidine rings is 1. The third-order valence-electron chi connectivity index (χ3n) is 3.77. The molecule has 0 spiro atoms. The van der Waals surface area contributed by atoms with Crippen LogP contribution in [0.2, 0.25) is 0 Å². The average molecular weight is 298 g/mol. The summed E-state index contributed by atoms with van der Waals surface area (Å²) in [5.74, 6) is -1.72. The van der Waals surface area contributed by atoms with Gasteiger partial charge in [-0.2, -0.15) is 0 Å². The molecule has 0 saturated carbocycles. The molecule has 3 rings (SSSR count). The lowest BCUT2D eigenvalue weighted by atomic mass is 9.86. The van der Waals surface area contributed by atoms with E-state index in [1.54, 1.807) is 32.6 Å². The van der Waals surface area contributed by atoms with E-state index in [1.165, 1.54) is 4.90 Å². The number of amides is 2. The highest BCUT2D eigenvalue weighted by Crippen LogP contribution is 2.34. The standard InChI is InChI=1S/C14H22N2O5/c1-8(12(18)19)6-15-7-9-5-10(11(15)17)16(9)13(20)21-14(2,3)4/h8-10H,5-7H2,1-4H3,(H,18,19). The number of rotatable bonds is 3. The second kappa shape index (κ2) is 5.20. The Balaban J connectivity index is 1.98. The smallest absolute Gasteiger partial charge is 0.411 e. The molecule has 0 radical (unpaired) electrons. The van der Waals surface area contributed by atoms with Crippen LogP contribution in [0.3, 0.4) is 0 Å². The van der Waals surface area contributed by atoms with E-state index in [1.807, 2.05) is 0 Å². The zero-order valence-corrected chi connectivity index (χ0v) is 12.8. The largest absolute Gasteiger partial charge is 0.481 e. The Morgan fingerprint density at radius 2 is 2.05 bits per heavy atom. The first-order chi connectivity index (χ1) is 9.60. The molecule has 0 aromatic rings. The van der Waals surface area contributed by atoms with Gasteiger partial charge in [-0.3, -0.25) is 14.5 Å². The van der Waals surface area contributed by atoms with Crippen LogP contribution in [-0.2, 0) is 14.3 Å². The van der Waals surface area contributed by atoms with Crippen molar-refractivity contribution in [3.05, 3.63) is 0 Å². The molecule has 3 saturated heterocycles. The molecule has 3 unspecified atom stereocenters. The quantitative estimate of drug-likeness (QED) is 0.837. The minimum absolute atomic E-state index is 0.0662. The van der Waals surface area contributed by atoms with E-state index in [9.17, 15) is 14.4 Å². The van der Waals surface area contributed by atoms with Crippen LogP contribution in [0.4, 0.5) is 4.79 Å². The Bertz CT molecular complexity index is 470. The summed E-state index contributed by atoms with van der Waals surface area (Å²) in [5, 5.41) is 8.92. The van der Waals surface area contributed by atoms with Crippen molar-refractivity contribution in [1.29, 1.82) is 0 Å². The van der Waals surface area contributed by atoms with E-state index in [2.05, 4.69) is 0 Å². The summed E-state index contributed by atoms with van der Waals surface area (Å²) >= 11 is 0. The maximum Gasteiger partial charge on any atom is 0.411 e. The summed E-state index contributed by atoms with van der Waals surface area (Å²) in [6.45, 7) is 7.48. The van der Waals surface area contributed by atoms with Gasteiger partial charge in [0.25, 0.3) is 0 Å². The van der Waals surface area contributed by atoms with E-state index in [0.29, 0.717) is 13.0 Å². The van der Waals surface area contributed by atoms with Gasteiger partial charge in [0.2, 0.25) is 5.91 Å². The number of hydrogen-bond donors (Lipinski definition) is 1. The van der Waals surface area contributed by atoms with Crippen LogP contribution in [0.1, 0.15) is 34.1 Å². The van der Waals surface area contributed by atoms with Crippen LogP contribution in [0.25, 0.3) is 0 Å². The molecule has 3 fully saturated rings. The fourth-order valence-corrected chi connectivity index (χ4v) is 2.70.